The summed E-state index contributed by atoms with van der Waals surface area (Å²) in [5.41, 5.74) is 11.9. The Morgan fingerprint density at radius 2 is 2.22 bits per heavy atom. The maximum atomic E-state index is 11.2. The van der Waals surface area contributed by atoms with Crippen molar-refractivity contribution in [3.8, 4) is 11.8 Å². The fraction of sp³-hybridized carbons (Fsp3) is 0. The molecule has 1 aromatic heterocycles. The number of hydrogen-bond donors (Lipinski definition) is 2. The fourth-order valence-corrected chi connectivity index (χ4v) is 1.69. The lowest BCUT2D eigenvalue weighted by molar-refractivity contribution is 0.100. The highest BCUT2D eigenvalue weighted by Gasteiger charge is 2.12. The number of primary amides is 1. The van der Waals surface area contributed by atoms with E-state index < -0.39 is 5.91 Å². The molecule has 1 amide bonds. The van der Waals surface area contributed by atoms with Crippen molar-refractivity contribution in [1.29, 1.82) is 5.26 Å². The number of nitrogens with two attached hydrogens (primary N) is 2. The lowest BCUT2D eigenvalue weighted by Gasteiger charge is -2.06. The predicted octanol–water partition coefficient (Wildman–Crippen LogP) is 1.08. The number of carbonyl (C=O) groups excluding carboxylic acids is 1. The molecule has 0 aliphatic heterocycles. The maximum absolute atomic E-state index is 11.2. The fourth-order valence-electron chi connectivity index (χ4n) is 1.48. The summed E-state index contributed by atoms with van der Waals surface area (Å²) in [6.45, 7) is 0. The second kappa shape index (κ2) is 4.39. The molecule has 18 heavy (non-hydrogen) atoms. The molecule has 0 aliphatic rings. The third kappa shape index (κ3) is 1.87. The summed E-state index contributed by atoms with van der Waals surface area (Å²) in [6.07, 6.45) is 1.34. The molecule has 0 saturated heterocycles. The van der Waals surface area contributed by atoms with Gasteiger partial charge in [-0.25, -0.2) is 4.68 Å². The van der Waals surface area contributed by atoms with E-state index in [2.05, 4.69) is 5.10 Å². The number of rotatable bonds is 2. The van der Waals surface area contributed by atoms with Gasteiger partial charge in [0, 0.05) is 0 Å². The van der Waals surface area contributed by atoms with Crippen LogP contribution in [0, 0.1) is 11.3 Å². The highest BCUT2D eigenvalue weighted by Crippen LogP contribution is 2.22. The first-order chi connectivity index (χ1) is 8.54. The Bertz CT molecular complexity index is 671. The van der Waals surface area contributed by atoms with Gasteiger partial charge >= 0.3 is 0 Å². The monoisotopic (exact) mass is 261 g/mol. The van der Waals surface area contributed by atoms with E-state index in [1.54, 1.807) is 6.07 Å². The van der Waals surface area contributed by atoms with Crippen LogP contribution >= 0.6 is 11.6 Å². The van der Waals surface area contributed by atoms with Crippen molar-refractivity contribution in [1.82, 2.24) is 9.78 Å². The van der Waals surface area contributed by atoms with Crippen LogP contribution < -0.4 is 11.5 Å². The van der Waals surface area contributed by atoms with Gasteiger partial charge in [-0.3, -0.25) is 4.79 Å². The highest BCUT2D eigenvalue weighted by atomic mass is 35.5. The molecule has 2 aromatic rings. The van der Waals surface area contributed by atoms with Crippen molar-refractivity contribution >= 4 is 23.3 Å². The number of nitrogen functional groups attached to an aromatic ring is 1. The van der Waals surface area contributed by atoms with Gasteiger partial charge in [-0.05, 0) is 18.2 Å². The number of halogens is 1. The normalized spacial score (nSPS) is 10.0. The number of benzene rings is 1. The van der Waals surface area contributed by atoms with Gasteiger partial charge in [0.05, 0.1) is 22.5 Å². The number of hydrogen-bond acceptors (Lipinski definition) is 4. The third-order valence-corrected chi connectivity index (χ3v) is 2.72. The molecule has 4 N–H and O–H groups in total. The number of anilines is 1. The van der Waals surface area contributed by atoms with Crippen molar-refractivity contribution in [2.75, 3.05) is 5.73 Å². The van der Waals surface area contributed by atoms with Crippen molar-refractivity contribution in [2.45, 2.75) is 0 Å². The van der Waals surface area contributed by atoms with Crippen LogP contribution in [0.5, 0.6) is 0 Å². The molecule has 0 bridgehead atoms. The summed E-state index contributed by atoms with van der Waals surface area (Å²) in [5, 5.41) is 13.0. The van der Waals surface area contributed by atoms with Crippen LogP contribution in [0.2, 0.25) is 5.02 Å². The number of nitrogens with zero attached hydrogens (tertiary/aromatic N) is 3. The first kappa shape index (κ1) is 12.0. The lowest BCUT2D eigenvalue weighted by atomic mass is 10.2. The molecule has 2 rings (SSSR count). The summed E-state index contributed by atoms with van der Waals surface area (Å²) >= 11 is 5.84. The van der Waals surface area contributed by atoms with Crippen LogP contribution in [0.3, 0.4) is 0 Å². The number of amides is 1. The second-order valence-electron chi connectivity index (χ2n) is 3.50. The Balaban J connectivity index is 2.58. The lowest BCUT2D eigenvalue weighted by Crippen LogP contribution is -2.12. The van der Waals surface area contributed by atoms with Crippen LogP contribution in [0.4, 0.5) is 5.82 Å². The van der Waals surface area contributed by atoms with E-state index in [9.17, 15) is 4.79 Å². The van der Waals surface area contributed by atoms with Gasteiger partial charge in [0.1, 0.15) is 17.5 Å². The average molecular weight is 262 g/mol. The van der Waals surface area contributed by atoms with E-state index in [4.69, 9.17) is 28.3 Å². The molecule has 1 heterocycles. The molecule has 6 nitrogen and oxygen atoms in total. The summed E-state index contributed by atoms with van der Waals surface area (Å²) < 4.78 is 1.33. The highest BCUT2D eigenvalue weighted by molar-refractivity contribution is 6.33. The van der Waals surface area contributed by atoms with Crippen LogP contribution in [-0.4, -0.2) is 15.7 Å². The molecule has 0 spiro atoms. The van der Waals surface area contributed by atoms with Crippen molar-refractivity contribution in [3.05, 3.63) is 40.5 Å². The van der Waals surface area contributed by atoms with Gasteiger partial charge < -0.3 is 11.5 Å². The van der Waals surface area contributed by atoms with E-state index in [-0.39, 0.29) is 22.0 Å². The van der Waals surface area contributed by atoms with E-state index in [1.807, 2.05) is 6.07 Å². The minimum Gasteiger partial charge on any atom is -0.382 e. The molecule has 0 fully saturated rings. The first-order valence-corrected chi connectivity index (χ1v) is 5.25. The first-order valence-electron chi connectivity index (χ1n) is 4.88. The summed E-state index contributed by atoms with van der Waals surface area (Å²) in [4.78, 5) is 11.2. The quantitative estimate of drug-likeness (QED) is 0.842. The van der Waals surface area contributed by atoms with Crippen LogP contribution in [0.25, 0.3) is 5.69 Å². The Hall–Kier alpha value is -2.52. The van der Waals surface area contributed by atoms with Gasteiger partial charge in [0.2, 0.25) is 5.91 Å². The van der Waals surface area contributed by atoms with Gasteiger partial charge in [-0.1, -0.05) is 11.6 Å². The zero-order chi connectivity index (χ0) is 13.3. The van der Waals surface area contributed by atoms with Crippen molar-refractivity contribution in [2.24, 2.45) is 5.73 Å². The van der Waals surface area contributed by atoms with Gasteiger partial charge in [0.25, 0.3) is 0 Å². The van der Waals surface area contributed by atoms with E-state index in [1.165, 1.54) is 23.0 Å². The largest absolute Gasteiger partial charge is 0.382 e. The number of nitriles is 1. The molecule has 0 radical (unpaired) electrons. The molecular formula is C11H8ClN5O. The van der Waals surface area contributed by atoms with Crippen molar-refractivity contribution in [3.63, 3.8) is 0 Å². The molecule has 0 saturated carbocycles. The third-order valence-electron chi connectivity index (χ3n) is 2.39. The number of carbonyl (C=O) groups is 1. The van der Waals surface area contributed by atoms with Gasteiger partial charge in [-0.2, -0.15) is 10.4 Å². The molecule has 7 heteroatoms. The maximum Gasteiger partial charge on any atom is 0.250 e. The molecule has 0 atom stereocenters. The minimum atomic E-state index is -0.645. The minimum absolute atomic E-state index is 0.169. The van der Waals surface area contributed by atoms with Crippen LogP contribution in [0.15, 0.2) is 24.4 Å². The zero-order valence-electron chi connectivity index (χ0n) is 9.09. The van der Waals surface area contributed by atoms with E-state index >= 15 is 0 Å². The van der Waals surface area contributed by atoms with Crippen LogP contribution in [-0.2, 0) is 0 Å². The van der Waals surface area contributed by atoms with E-state index in [0.717, 1.165) is 0 Å². The van der Waals surface area contributed by atoms with Crippen molar-refractivity contribution < 1.29 is 4.79 Å². The SMILES string of the molecule is N#Cc1cnn(-c2ccc(Cl)c(C(N)=O)c2)c1N. The zero-order valence-corrected chi connectivity index (χ0v) is 9.85. The second-order valence-corrected chi connectivity index (χ2v) is 3.90. The number of aromatic nitrogens is 2. The van der Waals surface area contributed by atoms with Gasteiger partial charge in [-0.15, -0.1) is 0 Å². The topological polar surface area (TPSA) is 111 Å². The molecular weight excluding hydrogens is 254 g/mol. The molecule has 0 aliphatic carbocycles. The van der Waals surface area contributed by atoms with Gasteiger partial charge in [0.15, 0.2) is 0 Å². The smallest absolute Gasteiger partial charge is 0.250 e. The summed E-state index contributed by atoms with van der Waals surface area (Å²) in [5.74, 6) is -0.455. The molecule has 90 valence electrons. The standard InChI is InChI=1S/C11H8ClN5O/c12-9-2-1-7(3-8(9)11(15)18)17-10(14)6(4-13)5-16-17/h1-3,5H,14H2,(H2,15,18). The molecule has 1 aromatic carbocycles. The Morgan fingerprint density at radius 1 is 1.50 bits per heavy atom. The average Bonchev–Trinajstić information content (AvgIpc) is 2.71. The Kier molecular flexibility index (Phi) is 2.92. The van der Waals surface area contributed by atoms with E-state index in [0.29, 0.717) is 5.69 Å². The predicted molar refractivity (Wildman–Crippen MR) is 66.2 cm³/mol. The summed E-state index contributed by atoms with van der Waals surface area (Å²) in [7, 11) is 0. The Labute approximate surface area is 107 Å². The summed E-state index contributed by atoms with van der Waals surface area (Å²) in [6, 6.07) is 6.52. The Morgan fingerprint density at radius 3 is 2.78 bits per heavy atom. The molecule has 0 unspecified atom stereocenters. The van der Waals surface area contributed by atoms with Crippen LogP contribution in [0.1, 0.15) is 15.9 Å².